The third-order valence-corrected chi connectivity index (χ3v) is 4.29. The number of methoxy groups -OCH3 is 1. The molecule has 7 nitrogen and oxygen atoms in total. The zero-order valence-electron chi connectivity index (χ0n) is 15.1. The molecule has 26 heavy (non-hydrogen) atoms. The molecular weight excluding hydrogens is 330 g/mol. The second kappa shape index (κ2) is 9.15. The summed E-state index contributed by atoms with van der Waals surface area (Å²) < 4.78 is 4.97. The molecule has 1 aromatic carbocycles. The Kier molecular flexibility index (Phi) is 6.38. The fraction of sp³-hybridized carbons (Fsp3) is 0.421. The Morgan fingerprint density at radius 1 is 1.19 bits per heavy atom. The molecule has 0 spiro atoms. The first-order valence-electron chi connectivity index (χ1n) is 8.98. The van der Waals surface area contributed by atoms with Gasteiger partial charge in [-0.1, -0.05) is 0 Å². The molecule has 2 N–H and O–H groups in total. The second-order valence-corrected chi connectivity index (χ2v) is 6.23. The van der Waals surface area contributed by atoms with Crippen LogP contribution in [0, 0.1) is 0 Å². The van der Waals surface area contributed by atoms with Crippen LogP contribution in [0.25, 0.3) is 0 Å². The van der Waals surface area contributed by atoms with Crippen LogP contribution in [0.3, 0.4) is 0 Å². The Morgan fingerprint density at radius 3 is 2.69 bits per heavy atom. The minimum Gasteiger partial charge on any atom is -0.385 e. The van der Waals surface area contributed by atoms with Gasteiger partial charge in [-0.3, -0.25) is 4.79 Å². The summed E-state index contributed by atoms with van der Waals surface area (Å²) in [7, 11) is 1.64. The molecule has 1 aliphatic rings. The van der Waals surface area contributed by atoms with Crippen molar-refractivity contribution < 1.29 is 9.53 Å². The van der Waals surface area contributed by atoms with Gasteiger partial charge in [0.1, 0.15) is 5.69 Å². The van der Waals surface area contributed by atoms with Crippen LogP contribution >= 0.6 is 0 Å². The summed E-state index contributed by atoms with van der Waals surface area (Å²) in [5.74, 6) is 0.194. The van der Waals surface area contributed by atoms with Crippen LogP contribution in [-0.4, -0.2) is 49.2 Å². The number of benzene rings is 1. The van der Waals surface area contributed by atoms with Crippen molar-refractivity contribution in [3.05, 3.63) is 42.2 Å². The molecular formula is C19H25N5O2. The molecule has 2 heterocycles. The fourth-order valence-corrected chi connectivity index (χ4v) is 2.91. The standard InChI is InChI=1S/C19H25N5O2/c1-26-14-4-10-20-18(25)17-9-11-21-19(23-17)22-15-5-7-16(8-6-15)24-12-2-3-13-24/h5-9,11H,2-4,10,12-14H2,1H3,(H,20,25)(H,21,22,23). The van der Waals surface area contributed by atoms with Crippen molar-refractivity contribution in [1.82, 2.24) is 15.3 Å². The highest BCUT2D eigenvalue weighted by molar-refractivity contribution is 5.92. The molecule has 1 saturated heterocycles. The number of ether oxygens (including phenoxy) is 1. The normalized spacial score (nSPS) is 13.7. The number of hydrogen-bond donors (Lipinski definition) is 2. The number of rotatable bonds is 8. The number of nitrogens with one attached hydrogen (secondary N) is 2. The van der Waals surface area contributed by atoms with Crippen molar-refractivity contribution in [3.8, 4) is 0 Å². The lowest BCUT2D eigenvalue weighted by molar-refractivity contribution is 0.0943. The Balaban J connectivity index is 1.58. The topological polar surface area (TPSA) is 79.4 Å². The lowest BCUT2D eigenvalue weighted by atomic mass is 10.2. The van der Waals surface area contributed by atoms with Crippen molar-refractivity contribution in [1.29, 1.82) is 0 Å². The third kappa shape index (κ3) is 4.92. The molecule has 1 fully saturated rings. The largest absolute Gasteiger partial charge is 0.385 e. The van der Waals surface area contributed by atoms with Crippen molar-refractivity contribution in [3.63, 3.8) is 0 Å². The van der Waals surface area contributed by atoms with Gasteiger partial charge < -0.3 is 20.3 Å². The molecule has 1 amide bonds. The average Bonchev–Trinajstić information content (AvgIpc) is 3.21. The minimum absolute atomic E-state index is 0.212. The number of aromatic nitrogens is 2. The molecule has 1 aromatic heterocycles. The Bertz CT molecular complexity index is 714. The predicted molar refractivity (Wildman–Crippen MR) is 102 cm³/mol. The van der Waals surface area contributed by atoms with E-state index in [9.17, 15) is 4.79 Å². The summed E-state index contributed by atoms with van der Waals surface area (Å²) in [5, 5.41) is 5.97. The van der Waals surface area contributed by atoms with Gasteiger partial charge in [-0.15, -0.1) is 0 Å². The van der Waals surface area contributed by atoms with E-state index < -0.39 is 0 Å². The average molecular weight is 355 g/mol. The lowest BCUT2D eigenvalue weighted by Gasteiger charge is -2.17. The number of carbonyl (C=O) groups excluding carboxylic acids is 1. The van der Waals surface area contributed by atoms with E-state index in [1.54, 1.807) is 19.4 Å². The molecule has 7 heteroatoms. The van der Waals surface area contributed by atoms with Crippen LogP contribution in [0.2, 0.25) is 0 Å². The van der Waals surface area contributed by atoms with E-state index in [0.717, 1.165) is 25.2 Å². The quantitative estimate of drug-likeness (QED) is 0.709. The van der Waals surface area contributed by atoms with Gasteiger partial charge >= 0.3 is 0 Å². The molecule has 2 aromatic rings. The number of hydrogen-bond acceptors (Lipinski definition) is 6. The zero-order valence-corrected chi connectivity index (χ0v) is 15.1. The minimum atomic E-state index is -0.212. The van der Waals surface area contributed by atoms with E-state index >= 15 is 0 Å². The van der Waals surface area contributed by atoms with Crippen molar-refractivity contribution in [2.75, 3.05) is 43.6 Å². The van der Waals surface area contributed by atoms with Crippen LogP contribution < -0.4 is 15.5 Å². The van der Waals surface area contributed by atoms with Gasteiger partial charge in [-0.2, -0.15) is 0 Å². The zero-order chi connectivity index (χ0) is 18.2. The van der Waals surface area contributed by atoms with E-state index in [-0.39, 0.29) is 5.91 Å². The van der Waals surface area contributed by atoms with Gasteiger partial charge in [-0.05, 0) is 49.6 Å². The summed E-state index contributed by atoms with van der Waals surface area (Å²) >= 11 is 0. The Hall–Kier alpha value is -2.67. The van der Waals surface area contributed by atoms with E-state index in [1.807, 2.05) is 12.1 Å². The monoisotopic (exact) mass is 355 g/mol. The number of anilines is 3. The second-order valence-electron chi connectivity index (χ2n) is 6.23. The Morgan fingerprint density at radius 2 is 1.96 bits per heavy atom. The first-order chi connectivity index (χ1) is 12.8. The van der Waals surface area contributed by atoms with Gasteiger partial charge in [0.2, 0.25) is 5.95 Å². The fourth-order valence-electron chi connectivity index (χ4n) is 2.91. The predicted octanol–water partition coefficient (Wildman–Crippen LogP) is 2.59. The van der Waals surface area contributed by atoms with E-state index in [4.69, 9.17) is 4.74 Å². The van der Waals surface area contributed by atoms with E-state index in [1.165, 1.54) is 18.5 Å². The molecule has 0 saturated carbocycles. The highest BCUT2D eigenvalue weighted by Gasteiger charge is 2.12. The highest BCUT2D eigenvalue weighted by atomic mass is 16.5. The summed E-state index contributed by atoms with van der Waals surface area (Å²) in [6.07, 6.45) is 4.86. The third-order valence-electron chi connectivity index (χ3n) is 4.29. The van der Waals surface area contributed by atoms with Crippen LogP contribution in [0.4, 0.5) is 17.3 Å². The number of amides is 1. The molecule has 0 atom stereocenters. The maximum atomic E-state index is 12.1. The lowest BCUT2D eigenvalue weighted by Crippen LogP contribution is -2.26. The van der Waals surface area contributed by atoms with Crippen LogP contribution in [0.5, 0.6) is 0 Å². The van der Waals surface area contributed by atoms with Crippen LogP contribution in [-0.2, 0) is 4.74 Å². The van der Waals surface area contributed by atoms with Crippen molar-refractivity contribution >= 4 is 23.2 Å². The summed E-state index contributed by atoms with van der Waals surface area (Å²) in [4.78, 5) is 23.0. The van der Waals surface area contributed by atoms with Gasteiger partial charge in [0, 0.05) is 50.9 Å². The van der Waals surface area contributed by atoms with Crippen LogP contribution in [0.1, 0.15) is 29.8 Å². The number of carbonyl (C=O) groups is 1. The molecule has 0 aliphatic carbocycles. The summed E-state index contributed by atoms with van der Waals surface area (Å²) in [6, 6.07) is 9.82. The van der Waals surface area contributed by atoms with Crippen molar-refractivity contribution in [2.24, 2.45) is 0 Å². The smallest absolute Gasteiger partial charge is 0.270 e. The summed E-state index contributed by atoms with van der Waals surface area (Å²) in [6.45, 7) is 3.41. The van der Waals surface area contributed by atoms with Crippen molar-refractivity contribution in [2.45, 2.75) is 19.3 Å². The molecule has 0 unspecified atom stereocenters. The van der Waals surface area contributed by atoms with Gasteiger partial charge in [-0.25, -0.2) is 9.97 Å². The van der Waals surface area contributed by atoms with Gasteiger partial charge in [0.15, 0.2) is 0 Å². The molecule has 0 radical (unpaired) electrons. The first-order valence-corrected chi connectivity index (χ1v) is 8.98. The van der Waals surface area contributed by atoms with E-state index in [0.29, 0.717) is 24.8 Å². The molecule has 3 rings (SSSR count). The van der Waals surface area contributed by atoms with Gasteiger partial charge in [0.25, 0.3) is 5.91 Å². The Labute approximate surface area is 153 Å². The summed E-state index contributed by atoms with van der Waals surface area (Å²) in [5.41, 5.74) is 2.47. The first kappa shape index (κ1) is 18.1. The molecule has 0 bridgehead atoms. The maximum absolute atomic E-state index is 12.1. The van der Waals surface area contributed by atoms with Crippen LogP contribution in [0.15, 0.2) is 36.5 Å². The van der Waals surface area contributed by atoms with Gasteiger partial charge in [0.05, 0.1) is 0 Å². The van der Waals surface area contributed by atoms with E-state index in [2.05, 4.69) is 37.6 Å². The molecule has 138 valence electrons. The highest BCUT2D eigenvalue weighted by Crippen LogP contribution is 2.23. The number of nitrogens with zero attached hydrogens (tertiary/aromatic N) is 3. The molecule has 1 aliphatic heterocycles. The maximum Gasteiger partial charge on any atom is 0.270 e. The SMILES string of the molecule is COCCCNC(=O)c1ccnc(Nc2ccc(N3CCCC3)cc2)n1.